The second kappa shape index (κ2) is 3.89. The lowest BCUT2D eigenvalue weighted by atomic mass is 10.4. The summed E-state index contributed by atoms with van der Waals surface area (Å²) in [4.78, 5) is 3.66. The predicted molar refractivity (Wildman–Crippen MR) is 51.2 cm³/mol. The third-order valence-electron chi connectivity index (χ3n) is 1.16. The highest BCUT2D eigenvalue weighted by Gasteiger charge is 2.15. The van der Waals surface area contributed by atoms with Crippen molar-refractivity contribution in [2.75, 3.05) is 7.11 Å². The Morgan fingerprint density at radius 2 is 2.08 bits per heavy atom. The van der Waals surface area contributed by atoms with Gasteiger partial charge in [-0.3, -0.25) is 0 Å². The zero-order valence-corrected chi connectivity index (χ0v) is 9.80. The molecule has 6 heteroatoms. The SMILES string of the molecule is COc1c(Br)nc(Cl)c(F)c1Br. The summed E-state index contributed by atoms with van der Waals surface area (Å²) >= 11 is 11.5. The number of pyridine rings is 1. The van der Waals surface area contributed by atoms with Gasteiger partial charge in [-0.05, 0) is 31.9 Å². The zero-order valence-electron chi connectivity index (χ0n) is 5.87. The number of halogens is 4. The van der Waals surface area contributed by atoms with Gasteiger partial charge in [-0.15, -0.1) is 0 Å². The lowest BCUT2D eigenvalue weighted by Gasteiger charge is -2.06. The molecule has 2 nitrogen and oxygen atoms in total. The van der Waals surface area contributed by atoms with Gasteiger partial charge in [0.25, 0.3) is 0 Å². The van der Waals surface area contributed by atoms with Gasteiger partial charge in [0.1, 0.15) is 4.47 Å². The van der Waals surface area contributed by atoms with Gasteiger partial charge < -0.3 is 4.74 Å². The molecule has 66 valence electrons. The van der Waals surface area contributed by atoms with Gasteiger partial charge in [0.2, 0.25) is 0 Å². The smallest absolute Gasteiger partial charge is 0.178 e. The third kappa shape index (κ3) is 1.72. The highest BCUT2D eigenvalue weighted by molar-refractivity contribution is 9.11. The van der Waals surface area contributed by atoms with Crippen LogP contribution < -0.4 is 4.74 Å². The Morgan fingerprint density at radius 1 is 1.50 bits per heavy atom. The highest BCUT2D eigenvalue weighted by atomic mass is 79.9. The summed E-state index contributed by atoms with van der Waals surface area (Å²) in [6.07, 6.45) is 0. The Bertz CT molecular complexity index is 321. The van der Waals surface area contributed by atoms with E-state index in [9.17, 15) is 4.39 Å². The van der Waals surface area contributed by atoms with Crippen LogP contribution in [0.4, 0.5) is 4.39 Å². The summed E-state index contributed by atoms with van der Waals surface area (Å²) in [7, 11) is 1.42. The first-order chi connectivity index (χ1) is 5.57. The van der Waals surface area contributed by atoms with Gasteiger partial charge in [-0.2, -0.15) is 0 Å². The van der Waals surface area contributed by atoms with E-state index >= 15 is 0 Å². The molecule has 0 atom stereocenters. The molecule has 0 aliphatic carbocycles. The number of methoxy groups -OCH3 is 1. The molecule has 1 aromatic heterocycles. The lowest BCUT2D eigenvalue weighted by molar-refractivity contribution is 0.402. The van der Waals surface area contributed by atoms with E-state index in [1.807, 2.05) is 0 Å². The summed E-state index contributed by atoms with van der Waals surface area (Å²) in [5.41, 5.74) is 0. The summed E-state index contributed by atoms with van der Waals surface area (Å²) in [5, 5.41) is -0.199. The molecule has 0 fully saturated rings. The first-order valence-electron chi connectivity index (χ1n) is 2.82. The zero-order chi connectivity index (χ0) is 9.30. The van der Waals surface area contributed by atoms with Crippen LogP contribution in [0.1, 0.15) is 0 Å². The quantitative estimate of drug-likeness (QED) is 0.740. The van der Waals surface area contributed by atoms with Crippen LogP contribution in [0.15, 0.2) is 9.08 Å². The minimum absolute atomic E-state index is 0.164. The fraction of sp³-hybridized carbons (Fsp3) is 0.167. The van der Waals surface area contributed by atoms with Crippen LogP contribution in [0.5, 0.6) is 5.75 Å². The minimum atomic E-state index is -0.628. The number of hydrogen-bond donors (Lipinski definition) is 0. The van der Waals surface area contributed by atoms with Gasteiger partial charge in [0.15, 0.2) is 21.3 Å². The second-order valence-electron chi connectivity index (χ2n) is 1.85. The largest absolute Gasteiger partial charge is 0.493 e. The molecule has 0 bridgehead atoms. The van der Waals surface area contributed by atoms with Crippen LogP contribution >= 0.6 is 43.5 Å². The molecular weight excluding hydrogens is 316 g/mol. The molecule has 1 rings (SSSR count). The minimum Gasteiger partial charge on any atom is -0.493 e. The van der Waals surface area contributed by atoms with Crippen LogP contribution in [-0.4, -0.2) is 12.1 Å². The average molecular weight is 319 g/mol. The van der Waals surface area contributed by atoms with Gasteiger partial charge in [-0.25, -0.2) is 9.37 Å². The Balaban J connectivity index is 3.40. The van der Waals surface area contributed by atoms with Crippen molar-refractivity contribution in [3.63, 3.8) is 0 Å². The summed E-state index contributed by atoms with van der Waals surface area (Å²) < 4.78 is 18.4. The second-order valence-corrected chi connectivity index (χ2v) is 3.76. The molecule has 0 aliphatic rings. The van der Waals surface area contributed by atoms with E-state index < -0.39 is 5.82 Å². The summed E-state index contributed by atoms with van der Waals surface area (Å²) in [5.74, 6) is -0.339. The number of nitrogens with zero attached hydrogens (tertiary/aromatic N) is 1. The van der Waals surface area contributed by atoms with Crippen molar-refractivity contribution in [1.82, 2.24) is 4.98 Å². The van der Waals surface area contributed by atoms with Crippen molar-refractivity contribution < 1.29 is 9.13 Å². The van der Waals surface area contributed by atoms with Crippen molar-refractivity contribution in [1.29, 1.82) is 0 Å². The fourth-order valence-electron chi connectivity index (χ4n) is 0.641. The number of hydrogen-bond acceptors (Lipinski definition) is 2. The molecular formula is C6H3Br2ClFNO. The fourth-order valence-corrected chi connectivity index (χ4v) is 2.38. The molecule has 0 saturated carbocycles. The van der Waals surface area contributed by atoms with E-state index in [2.05, 4.69) is 36.8 Å². The summed E-state index contributed by atoms with van der Waals surface area (Å²) in [6.45, 7) is 0. The number of ether oxygens (including phenoxy) is 1. The molecule has 0 aromatic carbocycles. The maximum atomic E-state index is 13.0. The van der Waals surface area contributed by atoms with Gasteiger partial charge in [0.05, 0.1) is 7.11 Å². The van der Waals surface area contributed by atoms with Crippen molar-refractivity contribution in [3.05, 3.63) is 20.0 Å². The molecule has 0 unspecified atom stereocenters. The topological polar surface area (TPSA) is 22.1 Å². The predicted octanol–water partition coefficient (Wildman–Crippen LogP) is 3.41. The van der Waals surface area contributed by atoms with Gasteiger partial charge in [0, 0.05) is 0 Å². The number of aromatic nitrogens is 1. The van der Waals surface area contributed by atoms with Crippen molar-refractivity contribution in [2.24, 2.45) is 0 Å². The van der Waals surface area contributed by atoms with Crippen LogP contribution in [0.25, 0.3) is 0 Å². The van der Waals surface area contributed by atoms with E-state index in [1.165, 1.54) is 7.11 Å². The monoisotopic (exact) mass is 317 g/mol. The molecule has 0 radical (unpaired) electrons. The first-order valence-corrected chi connectivity index (χ1v) is 4.78. The molecule has 12 heavy (non-hydrogen) atoms. The maximum Gasteiger partial charge on any atom is 0.178 e. The Morgan fingerprint density at radius 3 is 2.58 bits per heavy atom. The first kappa shape index (κ1) is 10.2. The molecule has 1 aromatic rings. The lowest BCUT2D eigenvalue weighted by Crippen LogP contribution is -1.93. The Hall–Kier alpha value is 0.130. The van der Waals surface area contributed by atoms with Crippen molar-refractivity contribution in [2.45, 2.75) is 0 Å². The van der Waals surface area contributed by atoms with E-state index in [0.29, 0.717) is 4.60 Å². The number of rotatable bonds is 1. The molecule has 0 amide bonds. The molecule has 0 N–H and O–H groups in total. The molecule has 0 aliphatic heterocycles. The highest BCUT2D eigenvalue weighted by Crippen LogP contribution is 2.36. The van der Waals surface area contributed by atoms with E-state index in [-0.39, 0.29) is 15.4 Å². The average Bonchev–Trinajstić information content (AvgIpc) is 2.01. The van der Waals surface area contributed by atoms with Crippen LogP contribution in [-0.2, 0) is 0 Å². The normalized spacial score (nSPS) is 10.1. The van der Waals surface area contributed by atoms with E-state index in [0.717, 1.165) is 0 Å². The third-order valence-corrected chi connectivity index (χ3v) is 2.66. The van der Waals surface area contributed by atoms with E-state index in [4.69, 9.17) is 16.3 Å². The van der Waals surface area contributed by atoms with Gasteiger partial charge in [-0.1, -0.05) is 11.6 Å². The van der Waals surface area contributed by atoms with Gasteiger partial charge >= 0.3 is 0 Å². The molecule has 0 saturated heterocycles. The molecule has 1 heterocycles. The van der Waals surface area contributed by atoms with Crippen LogP contribution in [0.2, 0.25) is 5.15 Å². The van der Waals surface area contributed by atoms with Crippen LogP contribution in [0.3, 0.4) is 0 Å². The standard InChI is InChI=1S/C6H3Br2ClFNO/c1-12-4-2(7)3(10)6(9)11-5(4)8/h1H3. The van der Waals surface area contributed by atoms with Crippen molar-refractivity contribution in [3.8, 4) is 5.75 Å². The van der Waals surface area contributed by atoms with Crippen LogP contribution in [0, 0.1) is 5.82 Å². The molecule has 0 spiro atoms. The van der Waals surface area contributed by atoms with Crippen molar-refractivity contribution >= 4 is 43.5 Å². The summed E-state index contributed by atoms with van der Waals surface area (Å²) in [6, 6.07) is 0. The van der Waals surface area contributed by atoms with E-state index in [1.54, 1.807) is 0 Å². The Kier molecular flexibility index (Phi) is 3.31. The Labute approximate surface area is 90.3 Å². The maximum absolute atomic E-state index is 13.0.